The summed E-state index contributed by atoms with van der Waals surface area (Å²) in [5.41, 5.74) is 9.81. The van der Waals surface area contributed by atoms with Crippen LogP contribution in [0.3, 0.4) is 0 Å². The Hall–Kier alpha value is -3.10. The van der Waals surface area contributed by atoms with E-state index in [1.165, 1.54) is 11.1 Å². The highest BCUT2D eigenvalue weighted by atomic mass is 16.4. The van der Waals surface area contributed by atoms with Crippen LogP contribution in [0.4, 0.5) is 0 Å². The first kappa shape index (κ1) is 23.6. The zero-order chi connectivity index (χ0) is 24.3. The third-order valence-corrected chi connectivity index (χ3v) is 7.70. The van der Waals surface area contributed by atoms with Crippen LogP contribution in [0.1, 0.15) is 72.9 Å². The van der Waals surface area contributed by atoms with E-state index in [1.54, 1.807) is 6.20 Å². The average Bonchev–Trinajstić information content (AvgIpc) is 3.31. The summed E-state index contributed by atoms with van der Waals surface area (Å²) in [6, 6.07) is 14.5. The summed E-state index contributed by atoms with van der Waals surface area (Å²) in [5.74, 6) is -0.167. The van der Waals surface area contributed by atoms with Gasteiger partial charge >= 0.3 is 5.97 Å². The Morgan fingerprint density at radius 3 is 2.46 bits per heavy atom. The fraction of sp³-hybridized carbons (Fsp3) is 0.481. The van der Waals surface area contributed by atoms with E-state index in [4.69, 9.17) is 5.73 Å². The molecule has 184 valence electrons. The van der Waals surface area contributed by atoms with Gasteiger partial charge in [-0.25, -0.2) is 4.68 Å². The van der Waals surface area contributed by atoms with Gasteiger partial charge in [-0.2, -0.15) is 0 Å². The first-order valence-electron chi connectivity index (χ1n) is 12.6. The van der Waals surface area contributed by atoms with Crippen LogP contribution < -0.4 is 5.73 Å². The standard InChI is InChI=1S/C27H34N6O2/c28-27(26(34)35)12-5-6-21(16-27)25-9-2-1-8-24(25)20-10-14-32(15-11-20)17-23-19-33(31-30-23)18-22-7-3-4-13-29-22/h1-4,7-9,13,19-21H,5-6,10-12,14-18,28H2,(H,34,35). The molecule has 2 unspecified atom stereocenters. The van der Waals surface area contributed by atoms with Crippen molar-refractivity contribution in [2.24, 2.45) is 5.73 Å². The quantitative estimate of drug-likeness (QED) is 0.539. The largest absolute Gasteiger partial charge is 0.480 e. The highest BCUT2D eigenvalue weighted by Gasteiger charge is 2.40. The SMILES string of the molecule is NC1(C(=O)O)CCCC(c2ccccc2C2CCN(Cc3cn(Cc4ccccn4)nn3)CC2)C1. The van der Waals surface area contributed by atoms with Gasteiger partial charge in [-0.1, -0.05) is 42.0 Å². The Kier molecular flexibility index (Phi) is 6.92. The second-order valence-electron chi connectivity index (χ2n) is 10.2. The van der Waals surface area contributed by atoms with Crippen LogP contribution in [-0.4, -0.2) is 54.6 Å². The Morgan fingerprint density at radius 1 is 1.00 bits per heavy atom. The van der Waals surface area contributed by atoms with E-state index in [-0.39, 0.29) is 5.92 Å². The molecule has 3 aromatic rings. The van der Waals surface area contributed by atoms with E-state index in [2.05, 4.69) is 44.5 Å². The third kappa shape index (κ3) is 5.44. The second kappa shape index (κ2) is 10.3. The molecule has 8 heteroatoms. The van der Waals surface area contributed by atoms with Crippen molar-refractivity contribution in [1.82, 2.24) is 24.9 Å². The minimum absolute atomic E-state index is 0.216. The average molecular weight is 475 g/mol. The lowest BCUT2D eigenvalue weighted by Crippen LogP contribution is -2.50. The topological polar surface area (TPSA) is 110 Å². The lowest BCUT2D eigenvalue weighted by Gasteiger charge is -2.37. The number of piperidine rings is 1. The molecule has 5 rings (SSSR count). The molecular weight excluding hydrogens is 440 g/mol. The number of nitrogens with zero attached hydrogens (tertiary/aromatic N) is 5. The molecule has 2 atom stereocenters. The zero-order valence-corrected chi connectivity index (χ0v) is 20.1. The van der Waals surface area contributed by atoms with E-state index < -0.39 is 11.5 Å². The van der Waals surface area contributed by atoms with E-state index in [0.717, 1.165) is 56.7 Å². The zero-order valence-electron chi connectivity index (χ0n) is 20.1. The van der Waals surface area contributed by atoms with Gasteiger partial charge in [-0.15, -0.1) is 5.10 Å². The number of aliphatic carboxylic acids is 1. The van der Waals surface area contributed by atoms with Crippen molar-refractivity contribution in [2.75, 3.05) is 13.1 Å². The van der Waals surface area contributed by atoms with Gasteiger partial charge in [0.1, 0.15) is 5.54 Å². The summed E-state index contributed by atoms with van der Waals surface area (Å²) in [4.78, 5) is 18.6. The molecule has 2 fully saturated rings. The molecule has 8 nitrogen and oxygen atoms in total. The number of hydrogen-bond donors (Lipinski definition) is 2. The monoisotopic (exact) mass is 474 g/mol. The molecule has 3 N–H and O–H groups in total. The lowest BCUT2D eigenvalue weighted by molar-refractivity contribution is -0.144. The molecular formula is C27H34N6O2. The number of carboxylic acid groups (broad SMARTS) is 1. The normalized spacial score (nSPS) is 23.9. The minimum atomic E-state index is -1.10. The molecule has 0 bridgehead atoms. The maximum atomic E-state index is 11.8. The number of rotatable bonds is 7. The first-order valence-corrected chi connectivity index (χ1v) is 12.6. The molecule has 2 aromatic heterocycles. The molecule has 1 saturated carbocycles. The van der Waals surface area contributed by atoms with Crippen molar-refractivity contribution >= 4 is 5.97 Å². The van der Waals surface area contributed by atoms with Gasteiger partial charge in [0.15, 0.2) is 0 Å². The highest BCUT2D eigenvalue weighted by Crippen LogP contribution is 2.42. The maximum Gasteiger partial charge on any atom is 0.323 e. The third-order valence-electron chi connectivity index (χ3n) is 7.70. The van der Waals surface area contributed by atoms with E-state index in [1.807, 2.05) is 29.1 Å². The van der Waals surface area contributed by atoms with Gasteiger partial charge in [-0.05, 0) is 80.3 Å². The van der Waals surface area contributed by atoms with Crippen LogP contribution >= 0.6 is 0 Å². The van der Waals surface area contributed by atoms with Crippen LogP contribution in [0.25, 0.3) is 0 Å². The highest BCUT2D eigenvalue weighted by molar-refractivity contribution is 5.78. The van der Waals surface area contributed by atoms with Gasteiger partial charge in [0.05, 0.1) is 24.1 Å². The van der Waals surface area contributed by atoms with E-state index >= 15 is 0 Å². The van der Waals surface area contributed by atoms with Crippen molar-refractivity contribution in [1.29, 1.82) is 0 Å². The van der Waals surface area contributed by atoms with Gasteiger partial charge in [0.25, 0.3) is 0 Å². The molecule has 1 aromatic carbocycles. The van der Waals surface area contributed by atoms with Crippen molar-refractivity contribution in [3.63, 3.8) is 0 Å². The van der Waals surface area contributed by atoms with E-state index in [9.17, 15) is 9.90 Å². The number of carbonyl (C=O) groups is 1. The fourth-order valence-electron chi connectivity index (χ4n) is 5.80. The summed E-state index contributed by atoms with van der Waals surface area (Å²) >= 11 is 0. The van der Waals surface area contributed by atoms with Crippen LogP contribution in [0, 0.1) is 0 Å². The Morgan fingerprint density at radius 2 is 1.74 bits per heavy atom. The van der Waals surface area contributed by atoms with Crippen molar-refractivity contribution < 1.29 is 9.90 Å². The summed E-state index contributed by atoms with van der Waals surface area (Å²) in [5, 5.41) is 18.3. The molecule has 1 aliphatic heterocycles. The van der Waals surface area contributed by atoms with Crippen LogP contribution in [0.2, 0.25) is 0 Å². The number of nitrogens with two attached hydrogens (primary N) is 1. The molecule has 0 amide bonds. The van der Waals surface area contributed by atoms with Gasteiger partial charge in [-0.3, -0.25) is 14.7 Å². The van der Waals surface area contributed by atoms with E-state index in [0.29, 0.717) is 25.3 Å². The number of carboxylic acids is 1. The summed E-state index contributed by atoms with van der Waals surface area (Å²) in [7, 11) is 0. The number of aromatic nitrogens is 4. The maximum absolute atomic E-state index is 11.8. The molecule has 0 radical (unpaired) electrons. The van der Waals surface area contributed by atoms with Gasteiger partial charge in [0.2, 0.25) is 0 Å². The molecule has 1 aliphatic carbocycles. The fourth-order valence-corrected chi connectivity index (χ4v) is 5.80. The Balaban J connectivity index is 1.20. The summed E-state index contributed by atoms with van der Waals surface area (Å²) < 4.78 is 1.85. The Bertz CT molecular complexity index is 1140. The lowest BCUT2D eigenvalue weighted by atomic mass is 9.71. The first-order chi connectivity index (χ1) is 17.0. The predicted molar refractivity (Wildman–Crippen MR) is 133 cm³/mol. The molecule has 1 saturated heterocycles. The minimum Gasteiger partial charge on any atom is -0.480 e. The Labute approximate surface area is 206 Å². The van der Waals surface area contributed by atoms with Crippen molar-refractivity contribution in [3.05, 3.63) is 77.4 Å². The molecule has 3 heterocycles. The smallest absolute Gasteiger partial charge is 0.323 e. The van der Waals surface area contributed by atoms with Crippen molar-refractivity contribution in [3.8, 4) is 0 Å². The second-order valence-corrected chi connectivity index (χ2v) is 10.2. The van der Waals surface area contributed by atoms with Crippen LogP contribution in [-0.2, 0) is 17.9 Å². The van der Waals surface area contributed by atoms with Gasteiger partial charge < -0.3 is 10.8 Å². The number of hydrogen-bond acceptors (Lipinski definition) is 6. The predicted octanol–water partition coefficient (Wildman–Crippen LogP) is 3.54. The molecule has 2 aliphatic rings. The number of likely N-dealkylation sites (tertiary alicyclic amines) is 1. The van der Waals surface area contributed by atoms with Gasteiger partial charge in [0, 0.05) is 12.7 Å². The number of pyridine rings is 1. The molecule has 35 heavy (non-hydrogen) atoms. The van der Waals surface area contributed by atoms with Crippen LogP contribution in [0.5, 0.6) is 0 Å². The summed E-state index contributed by atoms with van der Waals surface area (Å²) in [6.45, 7) is 3.44. The summed E-state index contributed by atoms with van der Waals surface area (Å²) in [6.07, 6.45) is 8.93. The van der Waals surface area contributed by atoms with Crippen LogP contribution in [0.15, 0.2) is 54.9 Å². The van der Waals surface area contributed by atoms with Crippen molar-refractivity contribution in [2.45, 2.75) is 69.0 Å². The molecule has 0 spiro atoms. The number of benzene rings is 1.